The average Bonchev–Trinajstić information content (AvgIpc) is 3.24. The van der Waals surface area contributed by atoms with Gasteiger partial charge in [0.25, 0.3) is 5.89 Å². The predicted molar refractivity (Wildman–Crippen MR) is 85.2 cm³/mol. The second kappa shape index (κ2) is 5.64. The summed E-state index contributed by atoms with van der Waals surface area (Å²) < 4.78 is 11.2. The van der Waals surface area contributed by atoms with Crippen molar-refractivity contribution in [2.45, 2.75) is 57.0 Å². The zero-order valence-electron chi connectivity index (χ0n) is 13.5. The Bertz CT molecular complexity index is 717. The number of hydrogen-bond acceptors (Lipinski definition) is 5. The van der Waals surface area contributed by atoms with Crippen LogP contribution in [0.25, 0.3) is 11.5 Å². The quantitative estimate of drug-likeness (QED) is 0.934. The van der Waals surface area contributed by atoms with E-state index in [0.29, 0.717) is 17.3 Å². The van der Waals surface area contributed by atoms with Gasteiger partial charge in [-0.1, -0.05) is 5.16 Å². The Labute approximate surface area is 135 Å². The van der Waals surface area contributed by atoms with Crippen LogP contribution in [0.5, 0.6) is 5.75 Å². The molecule has 1 saturated carbocycles. The van der Waals surface area contributed by atoms with Gasteiger partial charge in [0.05, 0.1) is 5.56 Å². The second-order valence-corrected chi connectivity index (χ2v) is 6.67. The number of nitrogens with zero attached hydrogens (tertiary/aromatic N) is 2. The minimum absolute atomic E-state index is 0.221. The Morgan fingerprint density at radius 2 is 1.78 bits per heavy atom. The van der Waals surface area contributed by atoms with E-state index in [1.807, 2.05) is 12.1 Å². The van der Waals surface area contributed by atoms with Crippen molar-refractivity contribution >= 4 is 0 Å². The van der Waals surface area contributed by atoms with E-state index < -0.39 is 5.60 Å². The summed E-state index contributed by atoms with van der Waals surface area (Å²) in [6, 6.07) is 3.87. The van der Waals surface area contributed by atoms with Crippen molar-refractivity contribution in [1.82, 2.24) is 10.1 Å². The topological polar surface area (TPSA) is 68.4 Å². The van der Waals surface area contributed by atoms with Crippen LogP contribution in [0.2, 0.25) is 0 Å². The minimum Gasteiger partial charge on any atom is -0.507 e. The molecule has 0 amide bonds. The number of aryl methyl sites for hydroxylation is 2. The largest absolute Gasteiger partial charge is 0.507 e. The Morgan fingerprint density at radius 1 is 1.09 bits per heavy atom. The van der Waals surface area contributed by atoms with Gasteiger partial charge in [-0.15, -0.1) is 0 Å². The number of methoxy groups -OCH3 is 1. The van der Waals surface area contributed by atoms with Crippen molar-refractivity contribution in [3.05, 3.63) is 29.1 Å². The summed E-state index contributed by atoms with van der Waals surface area (Å²) in [5.41, 5.74) is 2.73. The van der Waals surface area contributed by atoms with Gasteiger partial charge in [-0.3, -0.25) is 0 Å². The minimum atomic E-state index is -0.425. The number of fused-ring (bicyclic) bond motifs is 1. The number of aromatic hydroxyl groups is 1. The Hall–Kier alpha value is -1.88. The van der Waals surface area contributed by atoms with Gasteiger partial charge >= 0.3 is 0 Å². The first-order chi connectivity index (χ1) is 11.2. The van der Waals surface area contributed by atoms with E-state index in [2.05, 4.69) is 10.1 Å². The number of aromatic nitrogens is 2. The van der Waals surface area contributed by atoms with Gasteiger partial charge in [0, 0.05) is 7.11 Å². The van der Waals surface area contributed by atoms with E-state index in [4.69, 9.17) is 9.26 Å². The lowest BCUT2D eigenvalue weighted by Gasteiger charge is -2.22. The van der Waals surface area contributed by atoms with Crippen molar-refractivity contribution in [2.24, 2.45) is 0 Å². The molecule has 1 aromatic carbocycles. The molecule has 2 aromatic rings. The summed E-state index contributed by atoms with van der Waals surface area (Å²) in [7, 11) is 1.71. The van der Waals surface area contributed by atoms with E-state index >= 15 is 0 Å². The Balaban J connectivity index is 1.72. The third-order valence-electron chi connectivity index (χ3n) is 5.33. The van der Waals surface area contributed by atoms with Crippen molar-refractivity contribution in [3.8, 4) is 17.2 Å². The van der Waals surface area contributed by atoms with E-state index in [-0.39, 0.29) is 5.75 Å². The molecule has 1 N–H and O–H groups in total. The van der Waals surface area contributed by atoms with Crippen LogP contribution in [-0.2, 0) is 23.2 Å². The lowest BCUT2D eigenvalue weighted by molar-refractivity contribution is -0.0178. The van der Waals surface area contributed by atoms with Gasteiger partial charge < -0.3 is 14.4 Å². The maximum atomic E-state index is 10.4. The van der Waals surface area contributed by atoms with E-state index in [0.717, 1.165) is 38.5 Å². The highest BCUT2D eigenvalue weighted by Crippen LogP contribution is 2.41. The summed E-state index contributed by atoms with van der Waals surface area (Å²) in [4.78, 5) is 4.55. The maximum absolute atomic E-state index is 10.4. The van der Waals surface area contributed by atoms with Crippen LogP contribution >= 0.6 is 0 Å². The highest BCUT2D eigenvalue weighted by Gasteiger charge is 2.40. The van der Waals surface area contributed by atoms with Gasteiger partial charge in [-0.2, -0.15) is 4.98 Å². The number of benzene rings is 1. The fraction of sp³-hybridized carbons (Fsp3) is 0.556. The summed E-state index contributed by atoms with van der Waals surface area (Å²) in [6.45, 7) is 0. The molecule has 0 bridgehead atoms. The first-order valence-corrected chi connectivity index (χ1v) is 8.46. The van der Waals surface area contributed by atoms with Crippen LogP contribution in [0.15, 0.2) is 16.7 Å². The van der Waals surface area contributed by atoms with Crippen LogP contribution in [0.4, 0.5) is 0 Å². The third kappa shape index (κ3) is 2.43. The molecular formula is C18H22N2O3. The molecule has 0 spiro atoms. The second-order valence-electron chi connectivity index (χ2n) is 6.67. The van der Waals surface area contributed by atoms with Crippen molar-refractivity contribution in [3.63, 3.8) is 0 Å². The van der Waals surface area contributed by atoms with Crippen LogP contribution < -0.4 is 0 Å². The molecule has 0 aliphatic heterocycles. The monoisotopic (exact) mass is 314 g/mol. The molecule has 1 aromatic heterocycles. The lowest BCUT2D eigenvalue weighted by atomic mass is 9.90. The molecule has 122 valence electrons. The van der Waals surface area contributed by atoms with Gasteiger partial charge in [0.2, 0.25) is 5.82 Å². The van der Waals surface area contributed by atoms with Gasteiger partial charge in [0.1, 0.15) is 11.4 Å². The molecule has 2 aliphatic rings. The van der Waals surface area contributed by atoms with Crippen molar-refractivity contribution in [2.75, 3.05) is 7.11 Å². The third-order valence-corrected chi connectivity index (χ3v) is 5.33. The number of rotatable bonds is 3. The number of hydrogen-bond donors (Lipinski definition) is 1. The molecule has 0 saturated heterocycles. The lowest BCUT2D eigenvalue weighted by Crippen LogP contribution is -2.25. The molecule has 1 fully saturated rings. The average molecular weight is 314 g/mol. The molecule has 5 heteroatoms. The molecule has 5 nitrogen and oxygen atoms in total. The number of phenols is 1. The molecule has 4 rings (SSSR count). The first kappa shape index (κ1) is 14.7. The molecule has 23 heavy (non-hydrogen) atoms. The molecular weight excluding hydrogens is 292 g/mol. The molecule has 1 heterocycles. The zero-order valence-corrected chi connectivity index (χ0v) is 13.5. The number of ether oxygens (including phenoxy) is 1. The fourth-order valence-corrected chi connectivity index (χ4v) is 3.93. The number of phenolic OH excluding ortho intramolecular Hbond substituents is 1. The highest BCUT2D eigenvalue weighted by atomic mass is 16.5. The standard InChI is InChI=1S/C18H22N2O3/c1-22-18(8-4-5-9-18)17-19-16(23-20-17)14-10-12-6-2-3-7-13(12)11-15(14)21/h10-11,21H,2-9H2,1H3. The predicted octanol–water partition coefficient (Wildman–Crippen LogP) is 3.74. The zero-order chi connectivity index (χ0) is 15.9. The van der Waals surface area contributed by atoms with Crippen LogP contribution in [0, 0.1) is 0 Å². The molecule has 0 atom stereocenters. The summed E-state index contributed by atoms with van der Waals surface area (Å²) in [6.07, 6.45) is 8.52. The SMILES string of the molecule is COC1(c2noc(-c3cc4c(cc3O)CCCC4)n2)CCCC1. The Kier molecular flexibility index (Phi) is 3.60. The van der Waals surface area contributed by atoms with Gasteiger partial charge in [-0.25, -0.2) is 0 Å². The van der Waals surface area contributed by atoms with Gasteiger partial charge in [0.15, 0.2) is 0 Å². The summed E-state index contributed by atoms with van der Waals surface area (Å²) in [5, 5.41) is 14.5. The highest BCUT2D eigenvalue weighted by molar-refractivity contribution is 5.65. The first-order valence-electron chi connectivity index (χ1n) is 8.46. The normalized spacial score (nSPS) is 19.7. The summed E-state index contributed by atoms with van der Waals surface area (Å²) in [5.74, 6) is 1.21. The van der Waals surface area contributed by atoms with Crippen LogP contribution in [0.1, 0.15) is 55.5 Å². The molecule has 0 radical (unpaired) electrons. The molecule has 0 unspecified atom stereocenters. The van der Waals surface area contributed by atoms with E-state index in [1.54, 1.807) is 7.11 Å². The fourth-order valence-electron chi connectivity index (χ4n) is 3.93. The smallest absolute Gasteiger partial charge is 0.261 e. The molecule has 2 aliphatic carbocycles. The van der Waals surface area contributed by atoms with E-state index in [1.165, 1.54) is 24.0 Å². The van der Waals surface area contributed by atoms with Crippen LogP contribution in [0.3, 0.4) is 0 Å². The van der Waals surface area contributed by atoms with Crippen molar-refractivity contribution in [1.29, 1.82) is 0 Å². The van der Waals surface area contributed by atoms with Gasteiger partial charge in [-0.05, 0) is 74.6 Å². The van der Waals surface area contributed by atoms with Crippen molar-refractivity contribution < 1.29 is 14.4 Å². The maximum Gasteiger partial charge on any atom is 0.261 e. The summed E-state index contributed by atoms with van der Waals surface area (Å²) >= 11 is 0. The Morgan fingerprint density at radius 3 is 2.48 bits per heavy atom. The van der Waals surface area contributed by atoms with Crippen LogP contribution in [-0.4, -0.2) is 22.4 Å². The van der Waals surface area contributed by atoms with E-state index in [9.17, 15) is 5.11 Å².